The molecule has 2 aromatic rings. The van der Waals surface area contributed by atoms with Gasteiger partial charge in [-0.2, -0.15) is 0 Å². The second-order valence-corrected chi connectivity index (χ2v) is 7.40. The summed E-state index contributed by atoms with van der Waals surface area (Å²) < 4.78 is 5.61. The molecule has 1 aliphatic carbocycles. The number of aryl methyl sites for hydroxylation is 1. The third kappa shape index (κ3) is 2.69. The quantitative estimate of drug-likeness (QED) is 0.930. The minimum absolute atomic E-state index is 0.252. The highest BCUT2D eigenvalue weighted by molar-refractivity contribution is 5.60. The van der Waals surface area contributed by atoms with Crippen molar-refractivity contribution in [3.63, 3.8) is 0 Å². The summed E-state index contributed by atoms with van der Waals surface area (Å²) in [6.45, 7) is 3.81. The molecular weight excluding hydrogens is 312 g/mol. The normalized spacial score (nSPS) is 28.7. The van der Waals surface area contributed by atoms with Gasteiger partial charge >= 0.3 is 0 Å². The molecule has 2 heterocycles. The number of pyridine rings is 1. The molecule has 25 heavy (non-hydrogen) atoms. The van der Waals surface area contributed by atoms with E-state index in [-0.39, 0.29) is 5.92 Å². The molecule has 1 aromatic carbocycles. The van der Waals surface area contributed by atoms with E-state index in [0.29, 0.717) is 5.92 Å². The van der Waals surface area contributed by atoms with Crippen molar-refractivity contribution in [2.24, 2.45) is 11.8 Å². The third-order valence-corrected chi connectivity index (χ3v) is 6.07. The van der Waals surface area contributed by atoms with E-state index in [2.05, 4.69) is 22.0 Å². The first-order valence-corrected chi connectivity index (χ1v) is 9.16. The lowest BCUT2D eigenvalue weighted by Gasteiger charge is -2.41. The molecule has 1 aromatic heterocycles. The number of anilines is 1. The fourth-order valence-corrected chi connectivity index (χ4v) is 4.85. The maximum Gasteiger partial charge on any atom is 0.163 e. The van der Waals surface area contributed by atoms with Crippen molar-refractivity contribution in [2.45, 2.75) is 31.8 Å². The lowest BCUT2D eigenvalue weighted by molar-refractivity contribution is -0.0631. The Hall–Kier alpha value is -2.07. The SMILES string of the molecule is COc1c(N2C[C@@H]3CCC[C@@](O)(c4ccccc4)[C@@H]3C2)ccnc1C. The summed E-state index contributed by atoms with van der Waals surface area (Å²) in [5, 5.41) is 11.6. The van der Waals surface area contributed by atoms with Gasteiger partial charge in [0, 0.05) is 25.2 Å². The summed E-state index contributed by atoms with van der Waals surface area (Å²) in [6.07, 6.45) is 4.95. The van der Waals surface area contributed by atoms with Crippen molar-refractivity contribution in [1.29, 1.82) is 0 Å². The summed E-state index contributed by atoms with van der Waals surface area (Å²) in [5.41, 5.74) is 2.34. The highest BCUT2D eigenvalue weighted by atomic mass is 16.5. The highest BCUT2D eigenvalue weighted by Crippen LogP contribution is 2.49. The second kappa shape index (κ2) is 6.34. The number of hydrogen-bond acceptors (Lipinski definition) is 4. The van der Waals surface area contributed by atoms with Crippen molar-refractivity contribution in [3.05, 3.63) is 53.9 Å². The zero-order valence-electron chi connectivity index (χ0n) is 15.0. The van der Waals surface area contributed by atoms with E-state index >= 15 is 0 Å². The molecule has 132 valence electrons. The van der Waals surface area contributed by atoms with E-state index < -0.39 is 5.60 Å². The summed E-state index contributed by atoms with van der Waals surface area (Å²) >= 11 is 0. The van der Waals surface area contributed by atoms with Crippen LogP contribution in [-0.2, 0) is 5.60 Å². The van der Waals surface area contributed by atoms with Crippen LogP contribution in [0, 0.1) is 18.8 Å². The first kappa shape index (κ1) is 16.4. The van der Waals surface area contributed by atoms with Gasteiger partial charge in [-0.15, -0.1) is 0 Å². The molecule has 2 fully saturated rings. The molecule has 2 aliphatic rings. The smallest absolute Gasteiger partial charge is 0.163 e. The van der Waals surface area contributed by atoms with Crippen LogP contribution in [-0.4, -0.2) is 30.3 Å². The van der Waals surface area contributed by atoms with E-state index in [1.54, 1.807) is 7.11 Å². The Balaban J connectivity index is 1.67. The van der Waals surface area contributed by atoms with Crippen LogP contribution in [0.5, 0.6) is 5.75 Å². The van der Waals surface area contributed by atoms with E-state index in [4.69, 9.17) is 4.74 Å². The van der Waals surface area contributed by atoms with E-state index in [0.717, 1.165) is 48.6 Å². The fourth-order valence-electron chi connectivity index (χ4n) is 4.85. The number of nitrogens with zero attached hydrogens (tertiary/aromatic N) is 2. The predicted molar refractivity (Wildman–Crippen MR) is 98.9 cm³/mol. The highest BCUT2D eigenvalue weighted by Gasteiger charge is 2.50. The molecule has 0 bridgehead atoms. The number of fused-ring (bicyclic) bond motifs is 1. The Morgan fingerprint density at radius 2 is 2.00 bits per heavy atom. The predicted octanol–water partition coefficient (Wildman–Crippen LogP) is 3.52. The molecule has 0 amide bonds. The fraction of sp³-hybridized carbons (Fsp3) is 0.476. The Morgan fingerprint density at radius 3 is 2.76 bits per heavy atom. The molecule has 4 heteroatoms. The second-order valence-electron chi connectivity index (χ2n) is 7.40. The van der Waals surface area contributed by atoms with Gasteiger partial charge in [-0.1, -0.05) is 30.3 Å². The Kier molecular flexibility index (Phi) is 4.16. The number of aromatic nitrogens is 1. The first-order valence-electron chi connectivity index (χ1n) is 9.16. The van der Waals surface area contributed by atoms with Crippen LogP contribution in [0.15, 0.2) is 42.6 Å². The van der Waals surface area contributed by atoms with Gasteiger partial charge in [0.1, 0.15) is 0 Å². The summed E-state index contributed by atoms with van der Waals surface area (Å²) in [5.74, 6) is 1.61. The standard InChI is InChI=1S/C21H26N2O2/c1-15-20(25-2)19(10-12-22-15)23-13-16-7-6-11-21(24,18(16)14-23)17-8-4-3-5-9-17/h3-5,8-10,12,16,18,24H,6-7,11,13-14H2,1-2H3/t16-,18+,21+/m0/s1. The van der Waals surface area contributed by atoms with Crippen molar-refractivity contribution in [3.8, 4) is 5.75 Å². The van der Waals surface area contributed by atoms with E-state index in [1.165, 1.54) is 6.42 Å². The Labute approximate surface area is 149 Å². The Bertz CT molecular complexity index is 749. The van der Waals surface area contributed by atoms with Crippen LogP contribution in [0.2, 0.25) is 0 Å². The molecule has 4 nitrogen and oxygen atoms in total. The monoisotopic (exact) mass is 338 g/mol. The molecule has 0 unspecified atom stereocenters. The van der Waals surface area contributed by atoms with Gasteiger partial charge in [0.15, 0.2) is 5.75 Å². The van der Waals surface area contributed by atoms with Gasteiger partial charge in [0.05, 0.1) is 24.1 Å². The Morgan fingerprint density at radius 1 is 1.20 bits per heavy atom. The van der Waals surface area contributed by atoms with Gasteiger partial charge in [-0.3, -0.25) is 4.98 Å². The van der Waals surface area contributed by atoms with Gasteiger partial charge in [-0.05, 0) is 43.7 Å². The van der Waals surface area contributed by atoms with Crippen molar-refractivity contribution in [2.75, 3.05) is 25.1 Å². The molecule has 1 saturated carbocycles. The van der Waals surface area contributed by atoms with Crippen molar-refractivity contribution >= 4 is 5.69 Å². The lowest BCUT2D eigenvalue weighted by Crippen LogP contribution is -2.42. The number of aliphatic hydroxyl groups is 1. The molecule has 3 atom stereocenters. The molecule has 1 aliphatic heterocycles. The zero-order chi connectivity index (χ0) is 17.4. The van der Waals surface area contributed by atoms with Crippen molar-refractivity contribution < 1.29 is 9.84 Å². The molecule has 1 N–H and O–H groups in total. The summed E-state index contributed by atoms with van der Waals surface area (Å²) in [4.78, 5) is 6.72. The van der Waals surface area contributed by atoms with Gasteiger partial charge in [0.25, 0.3) is 0 Å². The molecule has 4 rings (SSSR count). The molecule has 1 saturated heterocycles. The average molecular weight is 338 g/mol. The number of methoxy groups -OCH3 is 1. The number of hydrogen-bond donors (Lipinski definition) is 1. The van der Waals surface area contributed by atoms with Crippen molar-refractivity contribution in [1.82, 2.24) is 4.98 Å². The minimum Gasteiger partial charge on any atom is -0.493 e. The first-order chi connectivity index (χ1) is 12.1. The minimum atomic E-state index is -0.728. The largest absolute Gasteiger partial charge is 0.493 e. The number of benzene rings is 1. The van der Waals surface area contributed by atoms with Gasteiger partial charge in [-0.25, -0.2) is 0 Å². The van der Waals surface area contributed by atoms with Crippen LogP contribution in [0.1, 0.15) is 30.5 Å². The third-order valence-electron chi connectivity index (χ3n) is 6.07. The van der Waals surface area contributed by atoms with Crippen LogP contribution in [0.4, 0.5) is 5.69 Å². The van der Waals surface area contributed by atoms with Crippen LogP contribution >= 0.6 is 0 Å². The topological polar surface area (TPSA) is 45.6 Å². The van der Waals surface area contributed by atoms with E-state index in [1.807, 2.05) is 37.4 Å². The zero-order valence-corrected chi connectivity index (χ0v) is 15.0. The van der Waals surface area contributed by atoms with Gasteiger partial charge < -0.3 is 14.7 Å². The molecular formula is C21H26N2O2. The van der Waals surface area contributed by atoms with Crippen LogP contribution < -0.4 is 9.64 Å². The lowest BCUT2D eigenvalue weighted by atomic mass is 9.67. The molecule has 0 spiro atoms. The number of ether oxygens (including phenoxy) is 1. The number of rotatable bonds is 3. The van der Waals surface area contributed by atoms with Crippen LogP contribution in [0.3, 0.4) is 0 Å². The maximum absolute atomic E-state index is 11.6. The summed E-state index contributed by atoms with van der Waals surface area (Å²) in [6, 6.07) is 12.2. The van der Waals surface area contributed by atoms with Crippen LogP contribution in [0.25, 0.3) is 0 Å². The van der Waals surface area contributed by atoms with E-state index in [9.17, 15) is 5.11 Å². The summed E-state index contributed by atoms with van der Waals surface area (Å²) in [7, 11) is 1.71. The van der Waals surface area contributed by atoms with Gasteiger partial charge in [0.2, 0.25) is 0 Å². The maximum atomic E-state index is 11.6. The molecule has 0 radical (unpaired) electrons. The average Bonchev–Trinajstić information content (AvgIpc) is 3.08.